The van der Waals surface area contributed by atoms with Crippen molar-refractivity contribution in [3.8, 4) is 11.6 Å². The summed E-state index contributed by atoms with van der Waals surface area (Å²) in [5.74, 6) is 2.81. The minimum atomic E-state index is 0.378. The van der Waals surface area contributed by atoms with Crippen LogP contribution < -0.4 is 20.3 Å². The van der Waals surface area contributed by atoms with Crippen LogP contribution in [0.3, 0.4) is 0 Å². The highest BCUT2D eigenvalue weighted by atomic mass is 16.5. The molecule has 0 amide bonds. The number of nitrogens with zero attached hydrogens (tertiary/aromatic N) is 5. The van der Waals surface area contributed by atoms with Gasteiger partial charge in [-0.3, -0.25) is 0 Å². The van der Waals surface area contributed by atoms with E-state index >= 15 is 0 Å². The molecule has 2 aromatic carbocycles. The molecule has 0 aliphatic carbocycles. The molecule has 2 aromatic heterocycles. The molecule has 5 rings (SSSR count). The second kappa shape index (κ2) is 7.87. The van der Waals surface area contributed by atoms with Crippen molar-refractivity contribution in [2.24, 2.45) is 0 Å². The van der Waals surface area contributed by atoms with E-state index in [0.717, 1.165) is 48.5 Å². The van der Waals surface area contributed by atoms with Gasteiger partial charge >= 0.3 is 0 Å². The van der Waals surface area contributed by atoms with Crippen LogP contribution in [-0.2, 0) is 0 Å². The van der Waals surface area contributed by atoms with Gasteiger partial charge in [0, 0.05) is 37.8 Å². The van der Waals surface area contributed by atoms with E-state index in [2.05, 4.69) is 36.9 Å². The van der Waals surface area contributed by atoms with E-state index in [4.69, 9.17) is 10.5 Å². The number of rotatable bonds is 4. The lowest BCUT2D eigenvalue weighted by atomic mass is 10.1. The van der Waals surface area contributed by atoms with Crippen molar-refractivity contribution in [2.45, 2.75) is 0 Å². The average molecular weight is 398 g/mol. The Morgan fingerprint density at radius 1 is 0.767 bits per heavy atom. The van der Waals surface area contributed by atoms with Gasteiger partial charge < -0.3 is 20.3 Å². The molecule has 150 valence electrons. The average Bonchev–Trinajstić information content (AvgIpc) is 2.81. The molecule has 7 nitrogen and oxygen atoms in total. The molecule has 1 aliphatic heterocycles. The van der Waals surface area contributed by atoms with E-state index in [-0.39, 0.29) is 0 Å². The van der Waals surface area contributed by atoms with Crippen molar-refractivity contribution in [1.82, 2.24) is 15.0 Å². The molecule has 0 atom stereocenters. The summed E-state index contributed by atoms with van der Waals surface area (Å²) in [6.45, 7) is 3.29. The van der Waals surface area contributed by atoms with Crippen molar-refractivity contribution in [1.29, 1.82) is 0 Å². The van der Waals surface area contributed by atoms with Crippen molar-refractivity contribution < 1.29 is 4.74 Å². The molecule has 30 heavy (non-hydrogen) atoms. The lowest BCUT2D eigenvalue weighted by molar-refractivity contribution is 0.469. The van der Waals surface area contributed by atoms with Crippen LogP contribution in [0.1, 0.15) is 0 Å². The van der Waals surface area contributed by atoms with Crippen LogP contribution in [0.4, 0.5) is 17.3 Å². The minimum absolute atomic E-state index is 0.378. The van der Waals surface area contributed by atoms with Crippen molar-refractivity contribution in [3.05, 3.63) is 73.2 Å². The van der Waals surface area contributed by atoms with Gasteiger partial charge in [-0.05, 0) is 23.6 Å². The van der Waals surface area contributed by atoms with Crippen LogP contribution >= 0.6 is 0 Å². The first-order chi connectivity index (χ1) is 14.8. The van der Waals surface area contributed by atoms with Crippen molar-refractivity contribution >= 4 is 28.1 Å². The van der Waals surface area contributed by atoms with E-state index < -0.39 is 0 Å². The molecular formula is C23H22N6O. The van der Waals surface area contributed by atoms with Gasteiger partial charge in [0.05, 0.1) is 0 Å². The zero-order chi connectivity index (χ0) is 20.3. The highest BCUT2D eigenvalue weighted by Gasteiger charge is 2.22. The molecule has 0 saturated carbocycles. The third kappa shape index (κ3) is 3.45. The first kappa shape index (κ1) is 18.2. The van der Waals surface area contributed by atoms with E-state index in [1.807, 2.05) is 54.7 Å². The molecule has 0 bridgehead atoms. The van der Waals surface area contributed by atoms with E-state index in [0.29, 0.717) is 17.4 Å². The maximum Gasteiger partial charge on any atom is 0.248 e. The summed E-state index contributed by atoms with van der Waals surface area (Å²) in [7, 11) is 0. The normalized spacial score (nSPS) is 14.1. The molecule has 4 aromatic rings. The fraction of sp³-hybridized carbons (Fsp3) is 0.174. The topological polar surface area (TPSA) is 80.4 Å². The van der Waals surface area contributed by atoms with Crippen molar-refractivity contribution in [3.63, 3.8) is 0 Å². The van der Waals surface area contributed by atoms with Crippen LogP contribution in [-0.4, -0.2) is 41.1 Å². The van der Waals surface area contributed by atoms with Gasteiger partial charge in [-0.2, -0.15) is 4.98 Å². The molecule has 1 fully saturated rings. The van der Waals surface area contributed by atoms with Crippen LogP contribution in [0.15, 0.2) is 73.2 Å². The number of benzene rings is 2. The zero-order valence-electron chi connectivity index (χ0n) is 16.5. The number of aromatic nitrogens is 3. The molecule has 0 radical (unpaired) electrons. The second-order valence-electron chi connectivity index (χ2n) is 7.16. The summed E-state index contributed by atoms with van der Waals surface area (Å²) in [5, 5.41) is 2.12. The Hall–Kier alpha value is -3.87. The number of hydrogen-bond acceptors (Lipinski definition) is 7. The smallest absolute Gasteiger partial charge is 0.248 e. The van der Waals surface area contributed by atoms with Crippen LogP contribution in [0.5, 0.6) is 11.6 Å². The van der Waals surface area contributed by atoms with Gasteiger partial charge in [0.15, 0.2) is 5.82 Å². The Morgan fingerprint density at radius 2 is 1.53 bits per heavy atom. The van der Waals surface area contributed by atoms with Gasteiger partial charge in [-0.1, -0.05) is 42.5 Å². The third-order valence-corrected chi connectivity index (χ3v) is 5.34. The van der Waals surface area contributed by atoms with Gasteiger partial charge in [-0.25, -0.2) is 9.97 Å². The number of piperazine rings is 1. The Bertz CT molecular complexity index is 1150. The largest absolute Gasteiger partial charge is 0.436 e. The number of anilines is 3. The Balaban J connectivity index is 1.36. The molecule has 7 heteroatoms. The highest BCUT2D eigenvalue weighted by Crippen LogP contribution is 2.35. The third-order valence-electron chi connectivity index (χ3n) is 5.34. The minimum Gasteiger partial charge on any atom is -0.436 e. The summed E-state index contributed by atoms with van der Waals surface area (Å²) < 4.78 is 6.12. The number of hydrogen-bond donors (Lipinski definition) is 1. The maximum atomic E-state index is 6.43. The summed E-state index contributed by atoms with van der Waals surface area (Å²) >= 11 is 0. The number of ether oxygens (including phenoxy) is 1. The van der Waals surface area contributed by atoms with Gasteiger partial charge in [0.25, 0.3) is 0 Å². The Labute approximate surface area is 174 Å². The van der Waals surface area contributed by atoms with Crippen molar-refractivity contribution in [2.75, 3.05) is 41.7 Å². The lowest BCUT2D eigenvalue weighted by Gasteiger charge is -2.36. The number of fused-ring (bicyclic) bond motifs is 1. The molecule has 0 unspecified atom stereocenters. The summed E-state index contributed by atoms with van der Waals surface area (Å²) in [4.78, 5) is 17.6. The fourth-order valence-corrected chi connectivity index (χ4v) is 3.78. The maximum absolute atomic E-state index is 6.43. The number of nitrogens with two attached hydrogens (primary N) is 1. The summed E-state index contributed by atoms with van der Waals surface area (Å²) in [5.41, 5.74) is 6.89. The monoisotopic (exact) mass is 398 g/mol. The Kier molecular flexibility index (Phi) is 4.77. The van der Waals surface area contributed by atoms with E-state index in [1.165, 1.54) is 6.33 Å². The quantitative estimate of drug-likeness (QED) is 0.561. The van der Waals surface area contributed by atoms with Crippen LogP contribution in [0.2, 0.25) is 0 Å². The molecule has 1 saturated heterocycles. The molecule has 1 aliphatic rings. The highest BCUT2D eigenvalue weighted by molar-refractivity contribution is 5.88. The van der Waals surface area contributed by atoms with Gasteiger partial charge in [0.2, 0.25) is 5.88 Å². The zero-order valence-corrected chi connectivity index (χ0v) is 16.5. The SMILES string of the molecule is Nc1c(Oc2cccc3ccccc23)ncnc1N1CCN(c2ccccn2)CC1. The molecule has 2 N–H and O–H groups in total. The Morgan fingerprint density at radius 3 is 2.37 bits per heavy atom. The molecule has 0 spiro atoms. The first-order valence-electron chi connectivity index (χ1n) is 9.96. The molecule has 3 heterocycles. The predicted octanol–water partition coefficient (Wildman–Crippen LogP) is 3.73. The summed E-state index contributed by atoms with van der Waals surface area (Å²) in [6.07, 6.45) is 3.33. The van der Waals surface area contributed by atoms with E-state index in [1.54, 1.807) is 0 Å². The van der Waals surface area contributed by atoms with E-state index in [9.17, 15) is 0 Å². The van der Waals surface area contributed by atoms with Gasteiger partial charge in [0.1, 0.15) is 23.6 Å². The second-order valence-corrected chi connectivity index (χ2v) is 7.16. The summed E-state index contributed by atoms with van der Waals surface area (Å²) in [6, 6.07) is 20.0. The van der Waals surface area contributed by atoms with Crippen LogP contribution in [0.25, 0.3) is 10.8 Å². The first-order valence-corrected chi connectivity index (χ1v) is 9.96. The standard InChI is InChI=1S/C23H22N6O/c24-21-22(29-14-12-28(13-15-29)20-10-3-4-11-25-20)26-16-27-23(21)30-19-9-5-7-17-6-1-2-8-18(17)19/h1-11,16H,12-15,24H2. The van der Waals surface area contributed by atoms with Gasteiger partial charge in [-0.15, -0.1) is 0 Å². The van der Waals surface area contributed by atoms with Crippen LogP contribution in [0, 0.1) is 0 Å². The number of pyridine rings is 1. The fourth-order valence-electron chi connectivity index (χ4n) is 3.78. The molecular weight excluding hydrogens is 376 g/mol. The predicted molar refractivity (Wildman–Crippen MR) is 119 cm³/mol. The lowest BCUT2D eigenvalue weighted by Crippen LogP contribution is -2.47. The number of nitrogen functional groups attached to an aromatic ring is 1.